The van der Waals surface area contributed by atoms with Crippen LogP contribution >= 0.6 is 0 Å². The van der Waals surface area contributed by atoms with Crippen molar-refractivity contribution >= 4 is 0 Å². The number of benzene rings is 2. The van der Waals surface area contributed by atoms with Crippen LogP contribution in [0.15, 0.2) is 36.4 Å². The van der Waals surface area contributed by atoms with Crippen LogP contribution in [-0.4, -0.2) is 35.7 Å². The molecule has 0 spiro atoms. The van der Waals surface area contributed by atoms with E-state index in [4.69, 9.17) is 10.5 Å². The minimum Gasteiger partial charge on any atom is -0.507 e. The maximum atomic E-state index is 10.6. The number of phenols is 1. The molecule has 0 aliphatic carbocycles. The van der Waals surface area contributed by atoms with E-state index in [-0.39, 0.29) is 12.2 Å². The molecule has 0 saturated carbocycles. The zero-order chi connectivity index (χ0) is 19.7. The van der Waals surface area contributed by atoms with Crippen molar-refractivity contribution < 1.29 is 9.84 Å². The van der Waals surface area contributed by atoms with Gasteiger partial charge in [-0.25, -0.2) is 0 Å². The van der Waals surface area contributed by atoms with Crippen LogP contribution in [0.2, 0.25) is 0 Å². The van der Waals surface area contributed by atoms with Crippen molar-refractivity contribution in [1.29, 1.82) is 0 Å². The van der Waals surface area contributed by atoms with Crippen molar-refractivity contribution in [3.8, 4) is 5.75 Å². The van der Waals surface area contributed by atoms with E-state index in [9.17, 15) is 5.11 Å². The van der Waals surface area contributed by atoms with Crippen LogP contribution in [0.5, 0.6) is 5.75 Å². The van der Waals surface area contributed by atoms with Gasteiger partial charge in [0.15, 0.2) is 0 Å². The Morgan fingerprint density at radius 2 is 1.82 bits per heavy atom. The molecule has 2 aromatic rings. The number of nitrogens with two attached hydrogens (primary N) is 1. The number of phenolic OH excluding ortho intramolecular Hbond substituents is 1. The fraction of sp³-hybridized carbons (Fsp3) is 0.500. The van der Waals surface area contributed by atoms with Gasteiger partial charge in [0.1, 0.15) is 5.75 Å². The smallest absolute Gasteiger partial charge is 0.122 e. The maximum absolute atomic E-state index is 10.6. The van der Waals surface area contributed by atoms with Gasteiger partial charge in [0.25, 0.3) is 0 Å². The summed E-state index contributed by atoms with van der Waals surface area (Å²) in [6.45, 7) is 7.83. The summed E-state index contributed by atoms with van der Waals surface area (Å²) in [6.07, 6.45) is 3.10. The van der Waals surface area contributed by atoms with Crippen molar-refractivity contribution in [3.05, 3.63) is 64.2 Å². The third kappa shape index (κ3) is 3.82. The molecule has 4 heteroatoms. The molecule has 2 aromatic carbocycles. The molecule has 3 N–H and O–H groups in total. The lowest BCUT2D eigenvalue weighted by Gasteiger charge is -2.40. The molecule has 28 heavy (non-hydrogen) atoms. The summed E-state index contributed by atoms with van der Waals surface area (Å²) in [4.78, 5) is 2.55. The normalized spacial score (nSPS) is 23.5. The zero-order valence-electron chi connectivity index (χ0n) is 17.0. The zero-order valence-corrected chi connectivity index (χ0v) is 17.0. The Kier molecular flexibility index (Phi) is 5.72. The van der Waals surface area contributed by atoms with Crippen LogP contribution in [0.25, 0.3) is 0 Å². The summed E-state index contributed by atoms with van der Waals surface area (Å²) in [5, 5.41) is 10.6. The molecular weight excluding hydrogens is 348 g/mol. The summed E-state index contributed by atoms with van der Waals surface area (Å²) in [6, 6.07) is 12.7. The van der Waals surface area contributed by atoms with E-state index >= 15 is 0 Å². The Bertz CT molecular complexity index is 827. The lowest BCUT2D eigenvalue weighted by atomic mass is 9.83. The monoisotopic (exact) mass is 380 g/mol. The van der Waals surface area contributed by atoms with Gasteiger partial charge in [-0.2, -0.15) is 0 Å². The Labute approximate surface area is 168 Å². The molecular formula is C24H32N2O2. The van der Waals surface area contributed by atoms with E-state index in [0.29, 0.717) is 18.2 Å². The van der Waals surface area contributed by atoms with Gasteiger partial charge in [0.2, 0.25) is 0 Å². The highest BCUT2D eigenvalue weighted by Gasteiger charge is 2.35. The van der Waals surface area contributed by atoms with Gasteiger partial charge in [0.05, 0.1) is 12.2 Å². The third-order valence-electron chi connectivity index (χ3n) is 6.64. The van der Waals surface area contributed by atoms with E-state index in [0.717, 1.165) is 55.6 Å². The van der Waals surface area contributed by atoms with Crippen LogP contribution in [0.3, 0.4) is 0 Å². The first-order chi connectivity index (χ1) is 13.6. The number of nitrogens with zero attached hydrogens (tertiary/aromatic N) is 1. The molecule has 4 rings (SSSR count). The predicted octanol–water partition coefficient (Wildman–Crippen LogP) is 3.86. The van der Waals surface area contributed by atoms with Gasteiger partial charge in [-0.1, -0.05) is 36.4 Å². The number of hydrogen-bond donors (Lipinski definition) is 2. The number of likely N-dealkylation sites (tertiary alicyclic amines) is 1. The first-order valence-electron chi connectivity index (χ1n) is 10.5. The highest BCUT2D eigenvalue weighted by Crippen LogP contribution is 2.40. The lowest BCUT2D eigenvalue weighted by molar-refractivity contribution is -0.0651. The SMILES string of the molecule is Cc1ccccc1CN1CCC(C2Cc3c(ccc(C)c3O)C(CN)O2)CC1. The summed E-state index contributed by atoms with van der Waals surface area (Å²) in [7, 11) is 0. The summed E-state index contributed by atoms with van der Waals surface area (Å²) < 4.78 is 6.41. The van der Waals surface area contributed by atoms with E-state index in [1.54, 1.807) is 0 Å². The molecule has 4 nitrogen and oxygen atoms in total. The molecule has 2 aliphatic rings. The van der Waals surface area contributed by atoms with Crippen molar-refractivity contribution in [2.45, 2.75) is 51.9 Å². The van der Waals surface area contributed by atoms with Crippen molar-refractivity contribution in [2.75, 3.05) is 19.6 Å². The molecule has 1 saturated heterocycles. The lowest BCUT2D eigenvalue weighted by Crippen LogP contribution is -2.42. The van der Waals surface area contributed by atoms with E-state index in [1.165, 1.54) is 11.1 Å². The molecule has 0 bridgehead atoms. The summed E-state index contributed by atoms with van der Waals surface area (Å²) in [5.41, 5.74) is 11.8. The quantitative estimate of drug-likeness (QED) is 0.846. The van der Waals surface area contributed by atoms with Crippen molar-refractivity contribution in [2.24, 2.45) is 11.7 Å². The van der Waals surface area contributed by atoms with E-state index < -0.39 is 0 Å². The largest absolute Gasteiger partial charge is 0.507 e. The predicted molar refractivity (Wildman–Crippen MR) is 112 cm³/mol. The average molecular weight is 381 g/mol. The molecule has 2 unspecified atom stereocenters. The van der Waals surface area contributed by atoms with Gasteiger partial charge in [-0.05, 0) is 68.0 Å². The summed E-state index contributed by atoms with van der Waals surface area (Å²) >= 11 is 0. The number of ether oxygens (including phenoxy) is 1. The van der Waals surface area contributed by atoms with Crippen molar-refractivity contribution in [1.82, 2.24) is 4.90 Å². The molecule has 0 amide bonds. The van der Waals surface area contributed by atoms with Crippen LogP contribution in [0.1, 0.15) is 46.8 Å². The highest BCUT2D eigenvalue weighted by molar-refractivity contribution is 5.47. The second-order valence-electron chi connectivity index (χ2n) is 8.44. The standard InChI is InChI=1S/C24H32N2O2/c1-16-5-3-4-6-19(16)15-26-11-9-18(10-12-26)22-13-21-20(23(14-25)28-22)8-7-17(2)24(21)27/h3-8,18,22-23,27H,9-15,25H2,1-2H3. The van der Waals surface area contributed by atoms with Gasteiger partial charge >= 0.3 is 0 Å². The Hall–Kier alpha value is -1.88. The first kappa shape index (κ1) is 19.4. The molecule has 1 fully saturated rings. The first-order valence-corrected chi connectivity index (χ1v) is 10.5. The second kappa shape index (κ2) is 8.24. The molecule has 2 aliphatic heterocycles. The van der Waals surface area contributed by atoms with Crippen molar-refractivity contribution in [3.63, 3.8) is 0 Å². The van der Waals surface area contributed by atoms with Gasteiger partial charge in [-0.15, -0.1) is 0 Å². The van der Waals surface area contributed by atoms with E-state index in [1.807, 2.05) is 13.0 Å². The highest BCUT2D eigenvalue weighted by atomic mass is 16.5. The van der Waals surface area contributed by atoms with Crippen LogP contribution < -0.4 is 5.73 Å². The summed E-state index contributed by atoms with van der Waals surface area (Å²) in [5.74, 6) is 0.955. The maximum Gasteiger partial charge on any atom is 0.122 e. The van der Waals surface area contributed by atoms with Crippen LogP contribution in [0, 0.1) is 19.8 Å². The number of piperidine rings is 1. The number of fused-ring (bicyclic) bond motifs is 1. The minimum atomic E-state index is -0.106. The van der Waals surface area contributed by atoms with Gasteiger partial charge < -0.3 is 15.6 Å². The Morgan fingerprint density at radius 3 is 2.54 bits per heavy atom. The fourth-order valence-corrected chi connectivity index (χ4v) is 4.79. The Morgan fingerprint density at radius 1 is 1.07 bits per heavy atom. The number of aromatic hydroxyl groups is 1. The fourth-order valence-electron chi connectivity index (χ4n) is 4.79. The van der Waals surface area contributed by atoms with Gasteiger partial charge in [0, 0.05) is 25.1 Å². The second-order valence-corrected chi connectivity index (χ2v) is 8.44. The van der Waals surface area contributed by atoms with Crippen LogP contribution in [0.4, 0.5) is 0 Å². The molecule has 2 atom stereocenters. The molecule has 2 heterocycles. The van der Waals surface area contributed by atoms with Gasteiger partial charge in [-0.3, -0.25) is 4.90 Å². The number of aryl methyl sites for hydroxylation is 2. The molecule has 150 valence electrons. The number of hydrogen-bond acceptors (Lipinski definition) is 4. The average Bonchev–Trinajstić information content (AvgIpc) is 2.72. The Balaban J connectivity index is 1.42. The van der Waals surface area contributed by atoms with E-state index in [2.05, 4.69) is 42.2 Å². The molecule has 0 radical (unpaired) electrons. The minimum absolute atomic E-state index is 0.106. The molecule has 0 aromatic heterocycles. The third-order valence-corrected chi connectivity index (χ3v) is 6.64. The van der Waals surface area contributed by atoms with Crippen LogP contribution in [-0.2, 0) is 17.7 Å². The topological polar surface area (TPSA) is 58.7 Å². The number of rotatable bonds is 4.